The number of thioether (sulfide) groups is 1. The minimum atomic E-state index is -0.183. The molecule has 6 heteroatoms. The molecule has 1 aliphatic rings. The molecule has 4 rings (SSSR count). The van der Waals surface area contributed by atoms with Crippen molar-refractivity contribution in [3.05, 3.63) is 81.4 Å². The monoisotopic (exact) mass is 408 g/mol. The number of amides is 1. The van der Waals surface area contributed by atoms with Gasteiger partial charge in [0.1, 0.15) is 11.5 Å². The van der Waals surface area contributed by atoms with Gasteiger partial charge in [-0.05, 0) is 85.3 Å². The number of aryl methyl sites for hydroxylation is 2. The summed E-state index contributed by atoms with van der Waals surface area (Å²) in [5, 5.41) is 4.04. The highest BCUT2D eigenvalue weighted by Crippen LogP contribution is 2.30. The molecule has 1 N–H and O–H groups in total. The number of benzene rings is 2. The third kappa shape index (κ3) is 4.21. The highest BCUT2D eigenvalue weighted by molar-refractivity contribution is 8.18. The van der Waals surface area contributed by atoms with Crippen molar-refractivity contribution in [1.29, 1.82) is 0 Å². The molecule has 0 aliphatic carbocycles. The average Bonchev–Trinajstić information content (AvgIpc) is 3.22. The van der Waals surface area contributed by atoms with Gasteiger partial charge < -0.3 is 9.73 Å². The molecule has 4 nitrogen and oxygen atoms in total. The number of halogens is 1. The van der Waals surface area contributed by atoms with Crippen molar-refractivity contribution in [2.45, 2.75) is 13.8 Å². The molecule has 0 radical (unpaired) electrons. The zero-order valence-corrected chi connectivity index (χ0v) is 16.9. The molecule has 1 amide bonds. The predicted molar refractivity (Wildman–Crippen MR) is 116 cm³/mol. The number of aliphatic imine (C=N–C) groups is 1. The minimum absolute atomic E-state index is 0.183. The van der Waals surface area contributed by atoms with Crippen molar-refractivity contribution in [3.63, 3.8) is 0 Å². The van der Waals surface area contributed by atoms with E-state index in [9.17, 15) is 4.79 Å². The van der Waals surface area contributed by atoms with Crippen LogP contribution in [0.15, 0.2) is 68.9 Å². The lowest BCUT2D eigenvalue weighted by Gasteiger charge is -2.00. The number of carbonyl (C=O) groups is 1. The molecule has 1 aliphatic heterocycles. The van der Waals surface area contributed by atoms with Gasteiger partial charge in [0.05, 0.1) is 10.6 Å². The van der Waals surface area contributed by atoms with E-state index in [-0.39, 0.29) is 5.91 Å². The molecule has 1 fully saturated rings. The van der Waals surface area contributed by atoms with Gasteiger partial charge >= 0.3 is 0 Å². The van der Waals surface area contributed by atoms with E-state index < -0.39 is 0 Å². The van der Waals surface area contributed by atoms with Crippen molar-refractivity contribution in [2.24, 2.45) is 4.99 Å². The van der Waals surface area contributed by atoms with Crippen molar-refractivity contribution >= 4 is 46.2 Å². The van der Waals surface area contributed by atoms with Crippen LogP contribution in [0, 0.1) is 13.8 Å². The van der Waals surface area contributed by atoms with E-state index in [4.69, 9.17) is 16.0 Å². The third-order valence-corrected chi connectivity index (χ3v) is 5.28. The summed E-state index contributed by atoms with van der Waals surface area (Å²) in [5.74, 6) is 1.14. The second-order valence-electron chi connectivity index (χ2n) is 6.54. The Labute approximate surface area is 172 Å². The Balaban J connectivity index is 1.55. The number of hydrogen-bond acceptors (Lipinski definition) is 4. The average molecular weight is 409 g/mol. The topological polar surface area (TPSA) is 54.6 Å². The standard InChI is InChI=1S/C22H17ClN2O2S/c1-13-9-14(2)11-17(10-13)24-22-25-21(26)20(28-22)12-18-7-8-19(27-18)15-3-5-16(23)6-4-15/h3-12H,1-2H3,(H,24,25,26)/b20-12+. The fourth-order valence-electron chi connectivity index (χ4n) is 2.94. The van der Waals surface area contributed by atoms with Crippen LogP contribution in [0.5, 0.6) is 0 Å². The lowest BCUT2D eigenvalue weighted by molar-refractivity contribution is -0.115. The van der Waals surface area contributed by atoms with Crippen LogP contribution in [0.1, 0.15) is 16.9 Å². The molecular weight excluding hydrogens is 392 g/mol. The van der Waals surface area contributed by atoms with Crippen molar-refractivity contribution in [3.8, 4) is 11.3 Å². The summed E-state index contributed by atoms with van der Waals surface area (Å²) in [5.41, 5.74) is 4.02. The summed E-state index contributed by atoms with van der Waals surface area (Å²) in [6, 6.07) is 17.2. The second kappa shape index (κ2) is 7.70. The molecule has 140 valence electrons. The predicted octanol–water partition coefficient (Wildman–Crippen LogP) is 6.11. The summed E-state index contributed by atoms with van der Waals surface area (Å²) >= 11 is 7.22. The van der Waals surface area contributed by atoms with E-state index in [2.05, 4.69) is 16.4 Å². The molecular formula is C22H17ClN2O2S. The van der Waals surface area contributed by atoms with E-state index in [1.165, 1.54) is 11.8 Å². The maximum absolute atomic E-state index is 12.3. The van der Waals surface area contributed by atoms with Crippen molar-refractivity contribution in [2.75, 3.05) is 0 Å². The van der Waals surface area contributed by atoms with Crippen LogP contribution in [-0.2, 0) is 4.79 Å². The van der Waals surface area contributed by atoms with Gasteiger partial charge in [-0.25, -0.2) is 4.99 Å². The van der Waals surface area contributed by atoms with Crippen LogP contribution < -0.4 is 5.32 Å². The van der Waals surface area contributed by atoms with Crippen LogP contribution in [-0.4, -0.2) is 11.1 Å². The normalized spacial score (nSPS) is 16.8. The van der Waals surface area contributed by atoms with Crippen LogP contribution in [0.2, 0.25) is 5.02 Å². The van der Waals surface area contributed by atoms with Crippen molar-refractivity contribution in [1.82, 2.24) is 5.32 Å². The van der Waals surface area contributed by atoms with Gasteiger partial charge in [-0.15, -0.1) is 0 Å². The van der Waals surface area contributed by atoms with Gasteiger partial charge in [0.15, 0.2) is 5.17 Å². The highest BCUT2D eigenvalue weighted by Gasteiger charge is 2.24. The smallest absolute Gasteiger partial charge is 0.264 e. The van der Waals surface area contributed by atoms with E-state index in [1.807, 2.05) is 62.4 Å². The molecule has 1 saturated heterocycles. The lowest BCUT2D eigenvalue weighted by atomic mass is 10.1. The Hall–Kier alpha value is -2.76. The zero-order valence-electron chi connectivity index (χ0n) is 15.3. The first-order valence-corrected chi connectivity index (χ1v) is 9.89. The Morgan fingerprint density at radius 1 is 1.04 bits per heavy atom. The first-order valence-electron chi connectivity index (χ1n) is 8.70. The fraction of sp³-hybridized carbons (Fsp3) is 0.0909. The maximum Gasteiger partial charge on any atom is 0.264 e. The number of hydrogen-bond donors (Lipinski definition) is 1. The van der Waals surface area contributed by atoms with Gasteiger partial charge in [-0.2, -0.15) is 0 Å². The van der Waals surface area contributed by atoms with Gasteiger partial charge in [-0.1, -0.05) is 17.7 Å². The number of nitrogens with zero attached hydrogens (tertiary/aromatic N) is 1. The van der Waals surface area contributed by atoms with Crippen LogP contribution >= 0.6 is 23.4 Å². The van der Waals surface area contributed by atoms with Gasteiger partial charge in [0, 0.05) is 16.7 Å². The molecule has 28 heavy (non-hydrogen) atoms. The molecule has 0 unspecified atom stereocenters. The number of nitrogens with one attached hydrogen (secondary N) is 1. The molecule has 0 bridgehead atoms. The van der Waals surface area contributed by atoms with Gasteiger partial charge in [-0.3, -0.25) is 4.79 Å². The lowest BCUT2D eigenvalue weighted by Crippen LogP contribution is -2.19. The Kier molecular flexibility index (Phi) is 5.11. The number of rotatable bonds is 3. The molecule has 3 aromatic rings. The third-order valence-electron chi connectivity index (χ3n) is 4.12. The first-order chi connectivity index (χ1) is 13.5. The van der Waals surface area contributed by atoms with E-state index in [0.717, 1.165) is 28.1 Å². The first kappa shape index (κ1) is 18.6. The van der Waals surface area contributed by atoms with E-state index in [0.29, 0.717) is 20.9 Å². The SMILES string of the molecule is Cc1cc(C)cc(N=C2NC(=O)/C(=C\c3ccc(-c4ccc(Cl)cc4)o3)S2)c1. The molecule has 0 atom stereocenters. The van der Waals surface area contributed by atoms with Gasteiger partial charge in [0.2, 0.25) is 0 Å². The number of carbonyl (C=O) groups excluding carboxylic acids is 1. The minimum Gasteiger partial charge on any atom is -0.457 e. The molecule has 0 spiro atoms. The van der Waals surface area contributed by atoms with Crippen LogP contribution in [0.3, 0.4) is 0 Å². The van der Waals surface area contributed by atoms with E-state index >= 15 is 0 Å². The Morgan fingerprint density at radius 2 is 1.75 bits per heavy atom. The van der Waals surface area contributed by atoms with E-state index in [1.54, 1.807) is 6.08 Å². The van der Waals surface area contributed by atoms with Crippen LogP contribution in [0.25, 0.3) is 17.4 Å². The number of amidine groups is 1. The summed E-state index contributed by atoms with van der Waals surface area (Å²) < 4.78 is 5.85. The maximum atomic E-state index is 12.3. The zero-order chi connectivity index (χ0) is 19.7. The van der Waals surface area contributed by atoms with Crippen LogP contribution in [0.4, 0.5) is 5.69 Å². The fourth-order valence-corrected chi connectivity index (χ4v) is 3.89. The summed E-state index contributed by atoms with van der Waals surface area (Å²) in [7, 11) is 0. The Morgan fingerprint density at radius 3 is 2.46 bits per heavy atom. The second-order valence-corrected chi connectivity index (χ2v) is 8.00. The largest absolute Gasteiger partial charge is 0.457 e. The molecule has 2 heterocycles. The highest BCUT2D eigenvalue weighted by atomic mass is 35.5. The summed E-state index contributed by atoms with van der Waals surface area (Å²) in [6.07, 6.45) is 1.73. The van der Waals surface area contributed by atoms with Gasteiger partial charge in [0.25, 0.3) is 5.91 Å². The quantitative estimate of drug-likeness (QED) is 0.532. The summed E-state index contributed by atoms with van der Waals surface area (Å²) in [6.45, 7) is 4.05. The molecule has 0 saturated carbocycles. The summed E-state index contributed by atoms with van der Waals surface area (Å²) in [4.78, 5) is 17.4. The van der Waals surface area contributed by atoms with Crippen molar-refractivity contribution < 1.29 is 9.21 Å². The molecule has 1 aromatic heterocycles. The number of furan rings is 1. The molecule has 2 aromatic carbocycles. The Bertz CT molecular complexity index is 1090.